The third kappa shape index (κ3) is 7.13. The molecule has 0 atom stereocenters. The maximum Gasteiger partial charge on any atom is 0.143 e. The van der Waals surface area contributed by atoms with Crippen molar-refractivity contribution >= 4 is 51.4 Å². The fourth-order valence-electron chi connectivity index (χ4n) is 6.46. The molecule has 51 heavy (non-hydrogen) atoms. The molecule has 0 unspecified atom stereocenters. The Bertz CT molecular complexity index is 1910. The Hall–Kier alpha value is -5.37. The quantitative estimate of drug-likeness (QED) is 0.111. The second kappa shape index (κ2) is 15.7. The molecule has 0 aliphatic carbocycles. The van der Waals surface area contributed by atoms with Crippen molar-refractivity contribution in [3.8, 4) is 0 Å². The number of rotatable bonds is 8. The molecule has 0 N–H and O–H groups in total. The molecule has 0 spiro atoms. The van der Waals surface area contributed by atoms with Gasteiger partial charge in [-0.15, -0.1) is 23.7 Å². The van der Waals surface area contributed by atoms with Crippen molar-refractivity contribution < 1.29 is 20.1 Å². The van der Waals surface area contributed by atoms with Crippen LogP contribution < -0.4 is 29.4 Å². The summed E-state index contributed by atoms with van der Waals surface area (Å²) in [5.74, 6) is 1.70. The van der Waals surface area contributed by atoms with Gasteiger partial charge >= 0.3 is 0 Å². The van der Waals surface area contributed by atoms with Crippen LogP contribution in [-0.4, -0.2) is 30.1 Å². The summed E-state index contributed by atoms with van der Waals surface area (Å²) in [4.78, 5) is 21.7. The van der Waals surface area contributed by atoms with Crippen LogP contribution in [0.3, 0.4) is 0 Å². The summed E-state index contributed by atoms with van der Waals surface area (Å²) < 4.78 is 0. The molecule has 8 nitrogen and oxygen atoms in total. The number of unbranched alkanes of at least 4 members (excludes halogenated alkanes) is 1. The van der Waals surface area contributed by atoms with Crippen LogP contribution in [0.15, 0.2) is 134 Å². The molecule has 0 bridgehead atoms. The van der Waals surface area contributed by atoms with Crippen molar-refractivity contribution in [3.63, 3.8) is 0 Å². The Morgan fingerprint density at radius 1 is 0.490 bits per heavy atom. The Morgan fingerprint density at radius 2 is 0.902 bits per heavy atom. The Morgan fingerprint density at radius 3 is 1.35 bits per heavy atom. The Balaban J connectivity index is 0.000000200. The average molecular weight is 845 g/mol. The van der Waals surface area contributed by atoms with Crippen LogP contribution in [0, 0.1) is 38.2 Å². The SMILES string of the molecule is CN1[CH-]N(c2[c-]cccc2)c2nccnc21.[Ir].[c-]1ccccc1N1[CH-]N(CCCCN2[CH-]N(c3[c-]cccc3)c3ccccc32)c2ccccc21. The van der Waals surface area contributed by atoms with E-state index in [-0.39, 0.29) is 20.1 Å². The molecule has 3 aliphatic rings. The third-order valence-corrected chi connectivity index (χ3v) is 8.83. The molecule has 259 valence electrons. The molecular formula is C42H36IrN8-6. The van der Waals surface area contributed by atoms with Crippen LogP contribution >= 0.6 is 0 Å². The average Bonchev–Trinajstić information content (AvgIpc) is 3.86. The molecule has 4 heterocycles. The number of nitrogens with zero attached hydrogens (tertiary/aromatic N) is 8. The summed E-state index contributed by atoms with van der Waals surface area (Å²) in [5.41, 5.74) is 8.03. The van der Waals surface area contributed by atoms with Crippen LogP contribution in [0.25, 0.3) is 0 Å². The van der Waals surface area contributed by atoms with E-state index in [2.05, 4.69) is 134 Å². The first kappa shape index (κ1) is 34.1. The first-order chi connectivity index (χ1) is 24.7. The van der Waals surface area contributed by atoms with E-state index in [1.54, 1.807) is 12.4 Å². The van der Waals surface area contributed by atoms with E-state index in [1.165, 1.54) is 22.7 Å². The standard InChI is InChI=1S/C30H26N4.C12H10N4.Ir/c1-3-13-25(14-4-1)33-23-31(27-17-7-9-19-29(27)33)21-11-12-22-32-24-34(26-15-5-2-6-16-26)30-20-10-8-18-28(30)32;1-15-9-16(10-5-3-2-4-6-10)12-11(15)13-7-8-14-12;/h1-10,13,15,17-20,23-24H,11-12,21-22H2;2-5,7-9H,1H3;/q-4;-2;. The van der Waals surface area contributed by atoms with E-state index in [1.807, 2.05) is 72.0 Å². The number of aromatic nitrogens is 2. The summed E-state index contributed by atoms with van der Waals surface area (Å²) in [6.07, 6.45) is 5.59. The van der Waals surface area contributed by atoms with Crippen molar-refractivity contribution in [2.24, 2.45) is 0 Å². The monoisotopic (exact) mass is 845 g/mol. The number of hydrogen-bond donors (Lipinski definition) is 0. The maximum absolute atomic E-state index is 4.34. The molecule has 9 rings (SSSR count). The minimum atomic E-state index is 0. The Kier molecular flexibility index (Phi) is 10.5. The zero-order chi connectivity index (χ0) is 33.7. The van der Waals surface area contributed by atoms with Gasteiger partial charge in [-0.25, -0.2) is 9.97 Å². The van der Waals surface area contributed by atoms with E-state index >= 15 is 0 Å². The van der Waals surface area contributed by atoms with Gasteiger partial charge in [0.15, 0.2) is 0 Å². The first-order valence-electron chi connectivity index (χ1n) is 16.8. The van der Waals surface area contributed by atoms with Gasteiger partial charge in [-0.05, 0) is 57.2 Å². The van der Waals surface area contributed by atoms with Gasteiger partial charge in [0.05, 0.1) is 0 Å². The minimum Gasteiger partial charge on any atom is -0.501 e. The van der Waals surface area contributed by atoms with Crippen LogP contribution in [0.5, 0.6) is 0 Å². The van der Waals surface area contributed by atoms with Crippen molar-refractivity contribution in [3.05, 3.63) is 172 Å². The fourth-order valence-corrected chi connectivity index (χ4v) is 6.46. The van der Waals surface area contributed by atoms with Crippen LogP contribution in [0.2, 0.25) is 0 Å². The summed E-state index contributed by atoms with van der Waals surface area (Å²) in [6, 6.07) is 51.2. The zero-order valence-corrected chi connectivity index (χ0v) is 30.6. The molecule has 1 aromatic heterocycles. The maximum atomic E-state index is 4.34. The molecule has 9 heteroatoms. The molecular weight excluding hydrogens is 809 g/mol. The summed E-state index contributed by atoms with van der Waals surface area (Å²) in [6.45, 7) is 8.33. The molecule has 6 aromatic rings. The van der Waals surface area contributed by atoms with Gasteiger partial charge in [0, 0.05) is 55.2 Å². The molecule has 5 aromatic carbocycles. The predicted molar refractivity (Wildman–Crippen MR) is 202 cm³/mol. The van der Waals surface area contributed by atoms with Crippen molar-refractivity contribution in [1.29, 1.82) is 0 Å². The van der Waals surface area contributed by atoms with Crippen molar-refractivity contribution in [1.82, 2.24) is 9.97 Å². The van der Waals surface area contributed by atoms with Gasteiger partial charge < -0.3 is 29.4 Å². The van der Waals surface area contributed by atoms with E-state index < -0.39 is 0 Å². The third-order valence-electron chi connectivity index (χ3n) is 8.83. The van der Waals surface area contributed by atoms with Gasteiger partial charge in [-0.3, -0.25) is 0 Å². The number of fused-ring (bicyclic) bond motifs is 3. The molecule has 0 saturated carbocycles. The summed E-state index contributed by atoms with van der Waals surface area (Å²) >= 11 is 0. The largest absolute Gasteiger partial charge is 0.501 e. The predicted octanol–water partition coefficient (Wildman–Crippen LogP) is 8.90. The van der Waals surface area contributed by atoms with E-state index in [0.29, 0.717) is 0 Å². The first-order valence-corrected chi connectivity index (χ1v) is 16.8. The normalized spacial score (nSPS) is 14.1. The van der Waals surface area contributed by atoms with Crippen LogP contribution in [-0.2, 0) is 20.1 Å². The number of para-hydroxylation sites is 7. The molecule has 0 fully saturated rings. The Labute approximate surface area is 314 Å². The van der Waals surface area contributed by atoms with E-state index in [4.69, 9.17) is 0 Å². The van der Waals surface area contributed by atoms with Gasteiger partial charge in [-0.1, -0.05) is 24.3 Å². The molecule has 3 aliphatic heterocycles. The second-order valence-electron chi connectivity index (χ2n) is 12.1. The number of anilines is 9. The topological polar surface area (TPSA) is 45.2 Å². The van der Waals surface area contributed by atoms with E-state index in [9.17, 15) is 0 Å². The minimum absolute atomic E-state index is 0. The van der Waals surface area contributed by atoms with Gasteiger partial charge in [0.1, 0.15) is 11.6 Å². The van der Waals surface area contributed by atoms with Crippen molar-refractivity contribution in [2.75, 3.05) is 49.5 Å². The summed E-state index contributed by atoms with van der Waals surface area (Å²) in [5, 5.41) is 0. The number of hydrogen-bond acceptors (Lipinski definition) is 8. The van der Waals surface area contributed by atoms with Crippen LogP contribution in [0.1, 0.15) is 12.8 Å². The summed E-state index contributed by atoms with van der Waals surface area (Å²) in [7, 11) is 1.95. The van der Waals surface area contributed by atoms with Crippen molar-refractivity contribution in [2.45, 2.75) is 12.8 Å². The number of benzene rings is 5. The van der Waals surface area contributed by atoms with Crippen LogP contribution in [0.4, 0.5) is 51.4 Å². The molecule has 1 radical (unpaired) electrons. The van der Waals surface area contributed by atoms with Gasteiger partial charge in [0.25, 0.3) is 0 Å². The zero-order valence-electron chi connectivity index (χ0n) is 28.2. The smallest absolute Gasteiger partial charge is 0.143 e. The molecule has 0 saturated heterocycles. The van der Waals surface area contributed by atoms with Gasteiger partial charge in [0.2, 0.25) is 0 Å². The molecule has 0 amide bonds. The fraction of sp³-hybridized carbons (Fsp3) is 0.119. The van der Waals surface area contributed by atoms with Gasteiger partial charge in [-0.2, -0.15) is 104 Å². The second-order valence-corrected chi connectivity index (χ2v) is 12.1. The van der Waals surface area contributed by atoms with E-state index in [0.717, 1.165) is 54.6 Å².